The lowest BCUT2D eigenvalue weighted by Crippen LogP contribution is -2.17. The van der Waals surface area contributed by atoms with Gasteiger partial charge in [-0.15, -0.1) is 0 Å². The highest BCUT2D eigenvalue weighted by atomic mass is 16.5. The van der Waals surface area contributed by atoms with E-state index in [1.54, 1.807) is 11.1 Å². The van der Waals surface area contributed by atoms with Gasteiger partial charge in [-0.3, -0.25) is 4.79 Å². The summed E-state index contributed by atoms with van der Waals surface area (Å²) in [5.41, 5.74) is 4.83. The van der Waals surface area contributed by atoms with Crippen molar-refractivity contribution >= 4 is 5.97 Å². The van der Waals surface area contributed by atoms with Crippen molar-refractivity contribution in [1.82, 2.24) is 0 Å². The fourth-order valence-corrected chi connectivity index (χ4v) is 4.88. The molecule has 1 aliphatic heterocycles. The number of carbonyl (C=O) groups excluding carboxylic acids is 1. The normalized spacial score (nSPS) is 34.0. The fourth-order valence-electron chi connectivity index (χ4n) is 4.88. The lowest BCUT2D eigenvalue weighted by molar-refractivity contribution is -0.137. The van der Waals surface area contributed by atoms with Crippen molar-refractivity contribution in [3.63, 3.8) is 0 Å². The van der Waals surface area contributed by atoms with E-state index >= 15 is 0 Å². The summed E-state index contributed by atoms with van der Waals surface area (Å²) in [6.45, 7) is 2.97. The van der Waals surface area contributed by atoms with E-state index in [2.05, 4.69) is 25.1 Å². The molecule has 1 saturated carbocycles. The third-order valence-electron chi connectivity index (χ3n) is 6.37. The maximum Gasteiger partial charge on any atom is 0.306 e. The number of carbonyl (C=O) groups is 1. The van der Waals surface area contributed by atoms with Crippen molar-refractivity contribution in [3.8, 4) is 0 Å². The molecule has 1 aromatic rings. The van der Waals surface area contributed by atoms with E-state index in [1.807, 2.05) is 0 Å². The molecule has 1 aromatic carbocycles. The quantitative estimate of drug-likeness (QED) is 0.756. The molecule has 2 nitrogen and oxygen atoms in total. The minimum absolute atomic E-state index is 0.0108. The number of fused-ring (bicyclic) bond motifs is 1. The number of aryl methyl sites for hydroxylation is 1. The van der Waals surface area contributed by atoms with Crippen molar-refractivity contribution < 1.29 is 9.53 Å². The molecule has 1 spiro atoms. The van der Waals surface area contributed by atoms with Crippen LogP contribution in [0.25, 0.3) is 0 Å². The summed E-state index contributed by atoms with van der Waals surface area (Å²) in [5.74, 6) is 1.52. The first-order valence-electron chi connectivity index (χ1n) is 8.95. The Labute approximate surface area is 133 Å². The maximum absolute atomic E-state index is 11.5. The zero-order valence-corrected chi connectivity index (χ0v) is 13.6. The molecule has 0 amide bonds. The Kier molecular flexibility index (Phi) is 3.51. The van der Waals surface area contributed by atoms with E-state index in [0.29, 0.717) is 18.9 Å². The maximum atomic E-state index is 11.5. The number of benzene rings is 1. The fraction of sp³-hybridized carbons (Fsp3) is 0.650. The van der Waals surface area contributed by atoms with Gasteiger partial charge < -0.3 is 4.74 Å². The smallest absolute Gasteiger partial charge is 0.306 e. The average molecular weight is 298 g/mol. The summed E-state index contributed by atoms with van der Waals surface area (Å²) < 4.78 is 5.25. The lowest BCUT2D eigenvalue weighted by atomic mass is 9.80. The van der Waals surface area contributed by atoms with Crippen LogP contribution in [0.2, 0.25) is 0 Å². The minimum atomic E-state index is 0.0108. The van der Waals surface area contributed by atoms with Crippen LogP contribution < -0.4 is 0 Å². The van der Waals surface area contributed by atoms with Gasteiger partial charge in [0.25, 0.3) is 0 Å². The zero-order valence-electron chi connectivity index (χ0n) is 13.6. The molecule has 0 radical (unpaired) electrons. The summed E-state index contributed by atoms with van der Waals surface area (Å²) in [5, 5.41) is 0. The van der Waals surface area contributed by atoms with Crippen molar-refractivity contribution in [3.05, 3.63) is 34.9 Å². The van der Waals surface area contributed by atoms with E-state index in [1.165, 1.54) is 37.7 Å². The monoisotopic (exact) mass is 298 g/mol. The van der Waals surface area contributed by atoms with Gasteiger partial charge in [0.1, 0.15) is 0 Å². The predicted octanol–water partition coefficient (Wildman–Crippen LogP) is 4.40. The Hall–Kier alpha value is -1.31. The summed E-state index contributed by atoms with van der Waals surface area (Å²) in [6, 6.07) is 7.22. The zero-order chi connectivity index (χ0) is 15.2. The van der Waals surface area contributed by atoms with Crippen LogP contribution in [0.3, 0.4) is 0 Å². The molecule has 0 bridgehead atoms. The standard InChI is InChI=1S/C20H26O2/c1-2-14-3-4-16-10-17(6-5-15(16)9-14)18-7-8-20(11-18)12-19(21)22-13-20/h5-6,10,14,18H,2-4,7-9,11-13H2,1H3/t14?,18-,20+/m1/s1. The SMILES string of the molecule is CCC1CCc2cc([C@@H]3CC[C@]4(COC(=O)C4)C3)ccc2C1. The summed E-state index contributed by atoms with van der Waals surface area (Å²) in [7, 11) is 0. The van der Waals surface area contributed by atoms with Gasteiger partial charge in [0, 0.05) is 5.41 Å². The van der Waals surface area contributed by atoms with Crippen molar-refractivity contribution in [2.24, 2.45) is 11.3 Å². The van der Waals surface area contributed by atoms with Crippen LogP contribution in [0.1, 0.15) is 68.1 Å². The van der Waals surface area contributed by atoms with E-state index < -0.39 is 0 Å². The second kappa shape index (κ2) is 5.40. The van der Waals surface area contributed by atoms with Gasteiger partial charge in [-0.1, -0.05) is 31.5 Å². The number of cyclic esters (lactones) is 1. The van der Waals surface area contributed by atoms with Gasteiger partial charge in [0.2, 0.25) is 0 Å². The second-order valence-electron chi connectivity index (χ2n) is 7.82. The number of ether oxygens (including phenoxy) is 1. The van der Waals surface area contributed by atoms with Crippen molar-refractivity contribution in [2.45, 2.75) is 64.2 Å². The summed E-state index contributed by atoms with van der Waals surface area (Å²) in [4.78, 5) is 11.5. The Morgan fingerprint density at radius 3 is 2.95 bits per heavy atom. The van der Waals surface area contributed by atoms with Crippen LogP contribution in [0.15, 0.2) is 18.2 Å². The first kappa shape index (κ1) is 14.3. The van der Waals surface area contributed by atoms with Gasteiger partial charge >= 0.3 is 5.97 Å². The highest BCUT2D eigenvalue weighted by Crippen LogP contribution is 2.51. The largest absolute Gasteiger partial charge is 0.465 e. The number of hydrogen-bond donors (Lipinski definition) is 0. The Morgan fingerprint density at radius 1 is 1.27 bits per heavy atom. The molecule has 1 saturated heterocycles. The van der Waals surface area contributed by atoms with Gasteiger partial charge in [0.05, 0.1) is 13.0 Å². The van der Waals surface area contributed by atoms with Gasteiger partial charge in [0.15, 0.2) is 0 Å². The van der Waals surface area contributed by atoms with Crippen LogP contribution in [0, 0.1) is 11.3 Å². The van der Waals surface area contributed by atoms with Gasteiger partial charge in [-0.25, -0.2) is 0 Å². The average Bonchev–Trinajstić information content (AvgIpc) is 3.13. The molecule has 0 aromatic heterocycles. The summed E-state index contributed by atoms with van der Waals surface area (Å²) in [6.07, 6.45) is 9.32. The van der Waals surface area contributed by atoms with Gasteiger partial charge in [-0.05, 0) is 67.1 Å². The highest BCUT2D eigenvalue weighted by Gasteiger charge is 2.46. The minimum Gasteiger partial charge on any atom is -0.465 e. The second-order valence-corrected chi connectivity index (χ2v) is 7.82. The Morgan fingerprint density at radius 2 is 2.18 bits per heavy atom. The number of rotatable bonds is 2. The molecule has 0 N–H and O–H groups in total. The van der Waals surface area contributed by atoms with Crippen molar-refractivity contribution in [1.29, 1.82) is 0 Å². The highest BCUT2D eigenvalue weighted by molar-refractivity contribution is 5.72. The molecule has 3 aliphatic rings. The summed E-state index contributed by atoms with van der Waals surface area (Å²) >= 11 is 0. The third-order valence-corrected chi connectivity index (χ3v) is 6.37. The molecule has 2 aliphatic carbocycles. The first-order chi connectivity index (χ1) is 10.7. The first-order valence-corrected chi connectivity index (χ1v) is 8.95. The van der Waals surface area contributed by atoms with E-state index in [4.69, 9.17) is 4.74 Å². The molecule has 1 unspecified atom stereocenters. The topological polar surface area (TPSA) is 26.3 Å². The molecule has 2 fully saturated rings. The predicted molar refractivity (Wildman–Crippen MR) is 86.8 cm³/mol. The van der Waals surface area contributed by atoms with Crippen LogP contribution in [0.5, 0.6) is 0 Å². The molecule has 4 rings (SSSR count). The van der Waals surface area contributed by atoms with Gasteiger partial charge in [-0.2, -0.15) is 0 Å². The van der Waals surface area contributed by atoms with Crippen LogP contribution in [-0.2, 0) is 22.4 Å². The van der Waals surface area contributed by atoms with E-state index in [9.17, 15) is 4.79 Å². The number of esters is 1. The molecule has 1 heterocycles. The Balaban J connectivity index is 1.51. The Bertz CT molecular complexity index is 591. The van der Waals surface area contributed by atoms with Crippen LogP contribution >= 0.6 is 0 Å². The third kappa shape index (κ3) is 2.47. The molecule has 2 heteroatoms. The van der Waals surface area contributed by atoms with Crippen LogP contribution in [0.4, 0.5) is 0 Å². The molecule has 22 heavy (non-hydrogen) atoms. The molecule has 118 valence electrons. The van der Waals surface area contributed by atoms with E-state index in [-0.39, 0.29) is 11.4 Å². The number of hydrogen-bond acceptors (Lipinski definition) is 2. The van der Waals surface area contributed by atoms with Crippen molar-refractivity contribution in [2.75, 3.05) is 6.61 Å². The molecular weight excluding hydrogens is 272 g/mol. The van der Waals surface area contributed by atoms with E-state index in [0.717, 1.165) is 18.8 Å². The molecule has 3 atom stereocenters. The molecular formula is C20H26O2. The van der Waals surface area contributed by atoms with Crippen LogP contribution in [-0.4, -0.2) is 12.6 Å². The lowest BCUT2D eigenvalue weighted by Gasteiger charge is -2.25.